The van der Waals surface area contributed by atoms with E-state index in [0.29, 0.717) is 46.0 Å². The van der Waals surface area contributed by atoms with Gasteiger partial charge in [0, 0.05) is 10.9 Å². The molecule has 0 saturated carbocycles. The van der Waals surface area contributed by atoms with E-state index in [1.807, 2.05) is 32.0 Å². The van der Waals surface area contributed by atoms with Gasteiger partial charge in [0.2, 0.25) is 0 Å². The Bertz CT molecular complexity index is 1340. The Morgan fingerprint density at radius 3 is 2.48 bits per heavy atom. The molecule has 4 rings (SSSR count). The molecule has 0 aliphatic heterocycles. The first kappa shape index (κ1) is 22.1. The van der Waals surface area contributed by atoms with E-state index in [9.17, 15) is 9.59 Å². The molecule has 0 bridgehead atoms. The molecule has 0 aliphatic rings. The van der Waals surface area contributed by atoms with Gasteiger partial charge in [-0.1, -0.05) is 48.0 Å². The molecule has 166 valence electrons. The summed E-state index contributed by atoms with van der Waals surface area (Å²) in [6, 6.07) is 19.8. The number of ketones is 1. The Morgan fingerprint density at radius 2 is 1.73 bits per heavy atom. The highest BCUT2D eigenvalue weighted by Gasteiger charge is 2.21. The fourth-order valence-electron chi connectivity index (χ4n) is 3.53. The molecule has 0 saturated heterocycles. The molecule has 0 atom stereocenters. The number of benzene rings is 3. The minimum Gasteiger partial charge on any atom is -0.494 e. The van der Waals surface area contributed by atoms with Gasteiger partial charge in [-0.05, 0) is 62.7 Å². The fraction of sp³-hybridized carbons (Fsp3) is 0.143. The molecule has 33 heavy (non-hydrogen) atoms. The highest BCUT2D eigenvalue weighted by atomic mass is 16.5. The van der Waals surface area contributed by atoms with E-state index < -0.39 is 5.97 Å². The zero-order chi connectivity index (χ0) is 23.4. The van der Waals surface area contributed by atoms with Gasteiger partial charge in [0.05, 0.1) is 6.61 Å². The Morgan fingerprint density at radius 1 is 0.939 bits per heavy atom. The van der Waals surface area contributed by atoms with Gasteiger partial charge in [-0.3, -0.25) is 4.79 Å². The van der Waals surface area contributed by atoms with E-state index >= 15 is 0 Å². The van der Waals surface area contributed by atoms with Gasteiger partial charge in [-0.2, -0.15) is 0 Å². The highest BCUT2D eigenvalue weighted by molar-refractivity contribution is 6.07. The third-order valence-corrected chi connectivity index (χ3v) is 5.18. The molecule has 5 heteroatoms. The number of rotatable bonds is 7. The molecule has 0 fully saturated rings. The Hall–Kier alpha value is -4.12. The number of aryl methyl sites for hydroxylation is 2. The lowest BCUT2D eigenvalue weighted by Gasteiger charge is -2.06. The molecule has 3 aromatic carbocycles. The normalized spacial score (nSPS) is 11.1. The summed E-state index contributed by atoms with van der Waals surface area (Å²) < 4.78 is 16.9. The van der Waals surface area contributed by atoms with Crippen molar-refractivity contribution in [2.45, 2.75) is 20.8 Å². The monoisotopic (exact) mass is 440 g/mol. The highest BCUT2D eigenvalue weighted by Crippen LogP contribution is 2.30. The SMILES string of the molecule is CCOc1ccc2oc(C)c(C(=O)Oc3cccc(/C=C/C(=O)c4ccc(C)cc4)c3)c2c1. The van der Waals surface area contributed by atoms with Crippen LogP contribution >= 0.6 is 0 Å². The first-order chi connectivity index (χ1) is 15.9. The summed E-state index contributed by atoms with van der Waals surface area (Å²) >= 11 is 0. The third kappa shape index (κ3) is 5.04. The van der Waals surface area contributed by atoms with Crippen LogP contribution < -0.4 is 9.47 Å². The average Bonchev–Trinajstić information content (AvgIpc) is 3.13. The van der Waals surface area contributed by atoms with Gasteiger partial charge < -0.3 is 13.9 Å². The first-order valence-corrected chi connectivity index (χ1v) is 10.7. The van der Waals surface area contributed by atoms with Crippen molar-refractivity contribution in [1.29, 1.82) is 0 Å². The molecule has 1 aromatic heterocycles. The standard InChI is InChI=1S/C28H24O5/c1-4-31-22-13-15-26-24(17-22)27(19(3)32-26)28(30)33-23-7-5-6-20(16-23)10-14-25(29)21-11-8-18(2)9-12-21/h5-17H,4H2,1-3H3/b14-10+. The second kappa shape index (κ2) is 9.57. The van der Waals surface area contributed by atoms with Crippen LogP contribution in [0.25, 0.3) is 17.0 Å². The van der Waals surface area contributed by atoms with E-state index in [1.54, 1.807) is 61.5 Å². The van der Waals surface area contributed by atoms with Crippen LogP contribution in [0.4, 0.5) is 0 Å². The molecule has 0 N–H and O–H groups in total. The van der Waals surface area contributed by atoms with Crippen molar-refractivity contribution in [3.63, 3.8) is 0 Å². The number of ether oxygens (including phenoxy) is 2. The first-order valence-electron chi connectivity index (χ1n) is 10.7. The minimum atomic E-state index is -0.517. The molecule has 1 heterocycles. The largest absolute Gasteiger partial charge is 0.494 e. The van der Waals surface area contributed by atoms with Gasteiger partial charge in [-0.15, -0.1) is 0 Å². The van der Waals surface area contributed by atoms with Crippen LogP contribution in [0.3, 0.4) is 0 Å². The zero-order valence-electron chi connectivity index (χ0n) is 18.8. The molecular formula is C28H24O5. The van der Waals surface area contributed by atoms with Gasteiger partial charge >= 0.3 is 5.97 Å². The van der Waals surface area contributed by atoms with Gasteiger partial charge in [0.15, 0.2) is 5.78 Å². The maximum absolute atomic E-state index is 13.0. The van der Waals surface area contributed by atoms with Crippen LogP contribution in [-0.4, -0.2) is 18.4 Å². The summed E-state index contributed by atoms with van der Waals surface area (Å²) in [7, 11) is 0. The topological polar surface area (TPSA) is 65.7 Å². The number of hydrogen-bond donors (Lipinski definition) is 0. The predicted octanol–water partition coefficient (Wildman–Crippen LogP) is 6.56. The lowest BCUT2D eigenvalue weighted by molar-refractivity contribution is 0.0734. The maximum Gasteiger partial charge on any atom is 0.347 e. The number of carbonyl (C=O) groups is 2. The number of fused-ring (bicyclic) bond motifs is 1. The number of hydrogen-bond acceptors (Lipinski definition) is 5. The van der Waals surface area contributed by atoms with Crippen molar-refractivity contribution >= 4 is 28.8 Å². The minimum absolute atomic E-state index is 0.0945. The average molecular weight is 440 g/mol. The van der Waals surface area contributed by atoms with Crippen molar-refractivity contribution in [3.05, 3.63) is 101 Å². The quantitative estimate of drug-likeness (QED) is 0.141. The third-order valence-electron chi connectivity index (χ3n) is 5.18. The fourth-order valence-corrected chi connectivity index (χ4v) is 3.53. The molecule has 4 aromatic rings. The van der Waals surface area contributed by atoms with E-state index in [-0.39, 0.29) is 5.78 Å². The Labute approximate surface area is 192 Å². The van der Waals surface area contributed by atoms with Crippen LogP contribution in [0.15, 0.2) is 77.2 Å². The molecular weight excluding hydrogens is 416 g/mol. The summed E-state index contributed by atoms with van der Waals surface area (Å²) in [6.07, 6.45) is 3.21. The maximum atomic E-state index is 13.0. The van der Waals surface area contributed by atoms with Gasteiger partial charge in [0.25, 0.3) is 0 Å². The van der Waals surface area contributed by atoms with E-state index in [1.165, 1.54) is 6.08 Å². The summed E-state index contributed by atoms with van der Waals surface area (Å²) in [5.74, 6) is 0.896. The van der Waals surface area contributed by atoms with Crippen LogP contribution in [0, 0.1) is 13.8 Å². The van der Waals surface area contributed by atoms with Crippen molar-refractivity contribution in [1.82, 2.24) is 0 Å². The van der Waals surface area contributed by atoms with Crippen molar-refractivity contribution < 1.29 is 23.5 Å². The summed E-state index contributed by atoms with van der Waals surface area (Å²) in [5.41, 5.74) is 3.41. The van der Waals surface area contributed by atoms with Crippen molar-refractivity contribution in [2.75, 3.05) is 6.61 Å². The second-order valence-corrected chi connectivity index (χ2v) is 7.65. The second-order valence-electron chi connectivity index (χ2n) is 7.65. The molecule has 5 nitrogen and oxygen atoms in total. The van der Waals surface area contributed by atoms with Crippen molar-refractivity contribution in [3.8, 4) is 11.5 Å². The van der Waals surface area contributed by atoms with Crippen LogP contribution in [0.2, 0.25) is 0 Å². The molecule has 0 unspecified atom stereocenters. The molecule has 0 spiro atoms. The molecule has 0 aliphatic carbocycles. The van der Waals surface area contributed by atoms with Gasteiger partial charge in [0.1, 0.15) is 28.4 Å². The molecule has 0 radical (unpaired) electrons. The van der Waals surface area contributed by atoms with Crippen LogP contribution in [-0.2, 0) is 0 Å². The van der Waals surface area contributed by atoms with E-state index in [4.69, 9.17) is 13.9 Å². The van der Waals surface area contributed by atoms with E-state index in [2.05, 4.69) is 0 Å². The summed E-state index contributed by atoms with van der Waals surface area (Å²) in [6.45, 7) is 6.13. The summed E-state index contributed by atoms with van der Waals surface area (Å²) in [4.78, 5) is 25.4. The number of carbonyl (C=O) groups excluding carboxylic acids is 2. The van der Waals surface area contributed by atoms with Gasteiger partial charge in [-0.25, -0.2) is 4.79 Å². The molecule has 0 amide bonds. The Balaban J connectivity index is 1.53. The lowest BCUT2D eigenvalue weighted by atomic mass is 10.1. The smallest absolute Gasteiger partial charge is 0.347 e. The van der Waals surface area contributed by atoms with Crippen molar-refractivity contribution in [2.24, 2.45) is 0 Å². The van der Waals surface area contributed by atoms with Crippen LogP contribution in [0.5, 0.6) is 11.5 Å². The Kier molecular flexibility index (Phi) is 6.41. The number of allylic oxidation sites excluding steroid dienone is 1. The lowest BCUT2D eigenvalue weighted by Crippen LogP contribution is -2.09. The number of furan rings is 1. The number of esters is 1. The zero-order valence-corrected chi connectivity index (χ0v) is 18.8. The summed E-state index contributed by atoms with van der Waals surface area (Å²) in [5, 5.41) is 0.642. The van der Waals surface area contributed by atoms with E-state index in [0.717, 1.165) is 11.1 Å². The predicted molar refractivity (Wildman–Crippen MR) is 128 cm³/mol. The van der Waals surface area contributed by atoms with Crippen LogP contribution in [0.1, 0.15) is 44.5 Å².